The van der Waals surface area contributed by atoms with Gasteiger partial charge < -0.3 is 15.2 Å². The number of ether oxygens (including phenoxy) is 1. The van der Waals surface area contributed by atoms with E-state index < -0.39 is 5.91 Å². The van der Waals surface area contributed by atoms with Gasteiger partial charge >= 0.3 is 0 Å². The van der Waals surface area contributed by atoms with Crippen molar-refractivity contribution >= 4 is 43.5 Å². The van der Waals surface area contributed by atoms with Crippen molar-refractivity contribution in [1.82, 2.24) is 0 Å². The molecule has 2 rings (SSSR count). The second kappa shape index (κ2) is 6.28. The molecule has 0 spiro atoms. The van der Waals surface area contributed by atoms with Gasteiger partial charge in [-0.15, -0.1) is 0 Å². The van der Waals surface area contributed by atoms with Crippen molar-refractivity contribution < 1.29 is 14.6 Å². The molecule has 0 saturated carbocycles. The zero-order valence-electron chi connectivity index (χ0n) is 10.5. The predicted molar refractivity (Wildman–Crippen MR) is 84.5 cm³/mol. The Morgan fingerprint density at radius 3 is 2.45 bits per heavy atom. The molecule has 1 amide bonds. The fourth-order valence-electron chi connectivity index (χ4n) is 1.66. The van der Waals surface area contributed by atoms with Gasteiger partial charge in [-0.25, -0.2) is 0 Å². The van der Waals surface area contributed by atoms with Crippen molar-refractivity contribution in [2.24, 2.45) is 0 Å². The first-order valence-corrected chi connectivity index (χ1v) is 7.23. The number of halogens is 2. The Bertz CT molecular complexity index is 659. The number of anilines is 1. The summed E-state index contributed by atoms with van der Waals surface area (Å²) < 4.78 is 6.69. The van der Waals surface area contributed by atoms with E-state index in [1.807, 2.05) is 6.07 Å². The quantitative estimate of drug-likeness (QED) is 0.812. The van der Waals surface area contributed by atoms with E-state index in [-0.39, 0.29) is 11.3 Å². The molecule has 0 radical (unpaired) electrons. The minimum atomic E-state index is -0.411. The summed E-state index contributed by atoms with van der Waals surface area (Å²) in [4.78, 5) is 12.2. The lowest BCUT2D eigenvalue weighted by molar-refractivity contribution is 0.102. The van der Waals surface area contributed by atoms with E-state index in [1.165, 1.54) is 13.2 Å². The smallest absolute Gasteiger partial charge is 0.259 e. The molecule has 0 atom stereocenters. The summed E-state index contributed by atoms with van der Waals surface area (Å²) in [6, 6.07) is 9.97. The molecule has 0 unspecified atom stereocenters. The minimum absolute atomic E-state index is 0.0918. The second-order valence-corrected chi connectivity index (χ2v) is 5.79. The molecule has 6 heteroatoms. The minimum Gasteiger partial charge on any atom is -0.507 e. The lowest BCUT2D eigenvalue weighted by Crippen LogP contribution is -2.12. The van der Waals surface area contributed by atoms with E-state index >= 15 is 0 Å². The Hall–Kier alpha value is -1.53. The van der Waals surface area contributed by atoms with Gasteiger partial charge in [0.1, 0.15) is 11.5 Å². The van der Waals surface area contributed by atoms with Crippen molar-refractivity contribution in [1.29, 1.82) is 0 Å². The zero-order valence-corrected chi connectivity index (χ0v) is 13.7. The Kier molecular flexibility index (Phi) is 4.67. The van der Waals surface area contributed by atoms with E-state index in [0.29, 0.717) is 15.9 Å². The number of carbonyl (C=O) groups excluding carboxylic acids is 1. The number of phenols is 1. The standard InChI is InChI=1S/C14H11Br2NO3/c1-20-13-5-3-8(15)6-11(13)17-14(19)10-4-2-9(16)7-12(10)18/h2-7,18H,1H3,(H,17,19). The van der Waals surface area contributed by atoms with Gasteiger partial charge in [0.05, 0.1) is 18.4 Å². The third-order valence-corrected chi connectivity index (χ3v) is 3.60. The van der Waals surface area contributed by atoms with Crippen LogP contribution in [-0.4, -0.2) is 18.1 Å². The Balaban J connectivity index is 2.30. The highest BCUT2D eigenvalue weighted by molar-refractivity contribution is 9.10. The molecule has 2 aromatic rings. The maximum Gasteiger partial charge on any atom is 0.259 e. The van der Waals surface area contributed by atoms with Crippen molar-refractivity contribution in [3.63, 3.8) is 0 Å². The van der Waals surface area contributed by atoms with Crippen LogP contribution in [0.3, 0.4) is 0 Å². The van der Waals surface area contributed by atoms with Crippen LogP contribution in [0.15, 0.2) is 45.3 Å². The molecule has 104 valence electrons. The number of nitrogens with one attached hydrogen (secondary N) is 1. The van der Waals surface area contributed by atoms with Gasteiger partial charge in [0.15, 0.2) is 0 Å². The van der Waals surface area contributed by atoms with E-state index in [0.717, 1.165) is 4.47 Å². The highest BCUT2D eigenvalue weighted by Gasteiger charge is 2.14. The van der Waals surface area contributed by atoms with Crippen LogP contribution >= 0.6 is 31.9 Å². The normalized spacial score (nSPS) is 10.2. The van der Waals surface area contributed by atoms with Crippen LogP contribution in [-0.2, 0) is 0 Å². The third kappa shape index (κ3) is 3.32. The number of benzene rings is 2. The van der Waals surface area contributed by atoms with Gasteiger partial charge in [0, 0.05) is 8.95 Å². The molecule has 20 heavy (non-hydrogen) atoms. The van der Waals surface area contributed by atoms with Crippen LogP contribution in [0.5, 0.6) is 11.5 Å². The topological polar surface area (TPSA) is 58.6 Å². The van der Waals surface area contributed by atoms with Crippen LogP contribution in [0, 0.1) is 0 Å². The molecular formula is C14H11Br2NO3. The van der Waals surface area contributed by atoms with Gasteiger partial charge in [-0.05, 0) is 36.4 Å². The monoisotopic (exact) mass is 399 g/mol. The summed E-state index contributed by atoms with van der Waals surface area (Å²) in [6.07, 6.45) is 0. The number of amides is 1. The largest absolute Gasteiger partial charge is 0.507 e. The maximum atomic E-state index is 12.2. The van der Waals surface area contributed by atoms with E-state index in [9.17, 15) is 9.90 Å². The van der Waals surface area contributed by atoms with E-state index in [1.54, 1.807) is 24.3 Å². The Labute approximate surface area is 133 Å². The molecule has 0 aliphatic rings. The molecule has 0 aliphatic heterocycles. The van der Waals surface area contributed by atoms with E-state index in [4.69, 9.17) is 4.74 Å². The molecule has 0 bridgehead atoms. The second-order valence-electron chi connectivity index (χ2n) is 3.96. The molecule has 0 aromatic heterocycles. The lowest BCUT2D eigenvalue weighted by Gasteiger charge is -2.11. The van der Waals surface area contributed by atoms with Crippen LogP contribution in [0.25, 0.3) is 0 Å². The van der Waals surface area contributed by atoms with Crippen LogP contribution < -0.4 is 10.1 Å². The van der Waals surface area contributed by atoms with Crippen LogP contribution in [0.4, 0.5) is 5.69 Å². The molecule has 0 fully saturated rings. The summed E-state index contributed by atoms with van der Waals surface area (Å²) >= 11 is 6.56. The van der Waals surface area contributed by atoms with Gasteiger partial charge in [-0.1, -0.05) is 31.9 Å². The summed E-state index contributed by atoms with van der Waals surface area (Å²) in [5.74, 6) is 0.0374. The van der Waals surface area contributed by atoms with Gasteiger partial charge in [0.25, 0.3) is 5.91 Å². The highest BCUT2D eigenvalue weighted by atomic mass is 79.9. The van der Waals surface area contributed by atoms with Gasteiger partial charge in [-0.2, -0.15) is 0 Å². The summed E-state index contributed by atoms with van der Waals surface area (Å²) in [5, 5.41) is 12.5. The number of phenolic OH excluding ortho intramolecular Hbond substituents is 1. The lowest BCUT2D eigenvalue weighted by atomic mass is 10.2. The summed E-state index contributed by atoms with van der Waals surface area (Å²) in [6.45, 7) is 0. The van der Waals surface area contributed by atoms with Crippen molar-refractivity contribution in [3.8, 4) is 11.5 Å². The van der Waals surface area contributed by atoms with Crippen molar-refractivity contribution in [2.45, 2.75) is 0 Å². The maximum absolute atomic E-state index is 12.2. The van der Waals surface area contributed by atoms with Crippen LogP contribution in [0.2, 0.25) is 0 Å². The summed E-state index contributed by atoms with van der Waals surface area (Å²) in [5.41, 5.74) is 0.712. The Morgan fingerprint density at radius 2 is 1.80 bits per heavy atom. The average Bonchev–Trinajstić information content (AvgIpc) is 2.38. The molecule has 4 nitrogen and oxygen atoms in total. The first kappa shape index (κ1) is 14.9. The molecule has 2 N–H and O–H groups in total. The number of methoxy groups -OCH3 is 1. The van der Waals surface area contributed by atoms with Gasteiger partial charge in [0.2, 0.25) is 0 Å². The number of rotatable bonds is 3. The molecule has 2 aromatic carbocycles. The number of hydrogen-bond donors (Lipinski definition) is 2. The molecule has 0 saturated heterocycles. The van der Waals surface area contributed by atoms with Crippen molar-refractivity contribution in [2.75, 3.05) is 12.4 Å². The molecule has 0 aliphatic carbocycles. The Morgan fingerprint density at radius 1 is 1.15 bits per heavy atom. The first-order valence-electron chi connectivity index (χ1n) is 5.64. The first-order chi connectivity index (χ1) is 9.51. The number of carbonyl (C=O) groups is 1. The fraction of sp³-hybridized carbons (Fsp3) is 0.0714. The SMILES string of the molecule is COc1ccc(Br)cc1NC(=O)c1ccc(Br)cc1O. The van der Waals surface area contributed by atoms with Crippen molar-refractivity contribution in [3.05, 3.63) is 50.9 Å². The molecule has 0 heterocycles. The summed E-state index contributed by atoms with van der Waals surface area (Å²) in [7, 11) is 1.52. The molecular weight excluding hydrogens is 390 g/mol. The number of aromatic hydroxyl groups is 1. The van der Waals surface area contributed by atoms with E-state index in [2.05, 4.69) is 37.2 Å². The predicted octanol–water partition coefficient (Wildman–Crippen LogP) is 4.18. The van der Waals surface area contributed by atoms with Gasteiger partial charge in [-0.3, -0.25) is 4.79 Å². The third-order valence-electron chi connectivity index (χ3n) is 2.61. The zero-order chi connectivity index (χ0) is 14.7. The van der Waals surface area contributed by atoms with Crippen LogP contribution in [0.1, 0.15) is 10.4 Å². The fourth-order valence-corrected chi connectivity index (χ4v) is 2.37. The average molecular weight is 401 g/mol. The highest BCUT2D eigenvalue weighted by Crippen LogP contribution is 2.29. The number of hydrogen-bond acceptors (Lipinski definition) is 3.